The van der Waals surface area contributed by atoms with Crippen molar-refractivity contribution in [1.29, 1.82) is 0 Å². The Morgan fingerprint density at radius 1 is 1.35 bits per heavy atom. The van der Waals surface area contributed by atoms with Gasteiger partial charge in [-0.05, 0) is 24.1 Å². The van der Waals surface area contributed by atoms with Gasteiger partial charge in [0.25, 0.3) is 0 Å². The molecule has 86 valence electrons. The summed E-state index contributed by atoms with van der Waals surface area (Å²) in [7, 11) is 1.54. The van der Waals surface area contributed by atoms with Crippen molar-refractivity contribution >= 4 is 17.1 Å². The number of ketones is 2. The lowest BCUT2D eigenvalue weighted by atomic mass is 9.87. The minimum Gasteiger partial charge on any atom is -0.496 e. The number of rotatable bonds is 3. The van der Waals surface area contributed by atoms with Crippen LogP contribution in [0.3, 0.4) is 0 Å². The minimum absolute atomic E-state index is 0.411. The molecule has 0 saturated heterocycles. The van der Waals surface area contributed by atoms with Crippen molar-refractivity contribution in [2.45, 2.75) is 6.42 Å². The molecule has 0 amide bonds. The van der Waals surface area contributed by atoms with E-state index in [1.54, 1.807) is 31.4 Å². The number of hydrogen-bond donors (Lipinski definition) is 0. The van der Waals surface area contributed by atoms with Gasteiger partial charge in [0.15, 0.2) is 0 Å². The molecule has 2 rings (SSSR count). The largest absolute Gasteiger partial charge is 0.496 e. The lowest BCUT2D eigenvalue weighted by Crippen LogP contribution is -2.19. The van der Waals surface area contributed by atoms with Gasteiger partial charge in [-0.3, -0.25) is 9.59 Å². The van der Waals surface area contributed by atoms with Gasteiger partial charge >= 0.3 is 0 Å². The first-order valence-corrected chi connectivity index (χ1v) is 5.26. The molecule has 0 fully saturated rings. The van der Waals surface area contributed by atoms with Crippen LogP contribution < -0.4 is 4.74 Å². The average molecular weight is 228 g/mol. The molecule has 0 radical (unpaired) electrons. The van der Waals surface area contributed by atoms with Crippen LogP contribution in [0, 0.1) is 0 Å². The molecule has 0 unspecified atom stereocenters. The van der Waals surface area contributed by atoms with Gasteiger partial charge in [-0.25, -0.2) is 0 Å². The van der Waals surface area contributed by atoms with E-state index < -0.39 is 11.6 Å². The van der Waals surface area contributed by atoms with Crippen LogP contribution in [0.5, 0.6) is 5.75 Å². The van der Waals surface area contributed by atoms with Crippen molar-refractivity contribution in [3.63, 3.8) is 0 Å². The molecule has 3 nitrogen and oxygen atoms in total. The number of carbonyl (C=O) groups is 2. The normalized spacial score (nSPS) is 14.1. The Balaban J connectivity index is 2.68. The molecule has 0 aromatic heterocycles. The Bertz CT molecular complexity index is 538. The predicted molar refractivity (Wildman–Crippen MR) is 65.1 cm³/mol. The number of carbonyl (C=O) groups excluding carboxylic acids is 2. The summed E-state index contributed by atoms with van der Waals surface area (Å²) < 4.78 is 5.23. The maximum atomic E-state index is 11.8. The smallest absolute Gasteiger partial charge is 0.233 e. The highest BCUT2D eigenvalue weighted by atomic mass is 16.5. The summed E-state index contributed by atoms with van der Waals surface area (Å²) in [5.74, 6) is -0.356. The van der Waals surface area contributed by atoms with E-state index in [9.17, 15) is 9.59 Å². The maximum absolute atomic E-state index is 11.8. The van der Waals surface area contributed by atoms with Crippen LogP contribution in [-0.4, -0.2) is 18.7 Å². The van der Waals surface area contributed by atoms with Crippen molar-refractivity contribution in [2.24, 2.45) is 0 Å². The Kier molecular flexibility index (Phi) is 2.91. The van der Waals surface area contributed by atoms with E-state index in [-0.39, 0.29) is 0 Å². The van der Waals surface area contributed by atoms with Crippen LogP contribution in [0.2, 0.25) is 0 Å². The fourth-order valence-electron chi connectivity index (χ4n) is 1.97. The number of Topliss-reactive ketones (excluding diaryl/α,β-unsaturated/α-hetero) is 1. The molecular formula is C14H12O3. The predicted octanol–water partition coefficient (Wildman–Crippen LogP) is 2.42. The fourth-order valence-corrected chi connectivity index (χ4v) is 1.97. The zero-order valence-corrected chi connectivity index (χ0v) is 9.53. The number of methoxy groups -OCH3 is 1. The van der Waals surface area contributed by atoms with Gasteiger partial charge in [0.2, 0.25) is 11.6 Å². The maximum Gasteiger partial charge on any atom is 0.233 e. The fraction of sp³-hybridized carbons (Fsp3) is 0.143. The second-order valence-corrected chi connectivity index (χ2v) is 3.74. The number of ether oxygens (including phenoxy) is 1. The van der Waals surface area contributed by atoms with E-state index in [0.29, 0.717) is 23.3 Å². The van der Waals surface area contributed by atoms with Gasteiger partial charge in [-0.2, -0.15) is 0 Å². The lowest BCUT2D eigenvalue weighted by molar-refractivity contribution is -0.111. The zero-order valence-electron chi connectivity index (χ0n) is 9.53. The summed E-state index contributed by atoms with van der Waals surface area (Å²) >= 11 is 0. The van der Waals surface area contributed by atoms with E-state index in [1.165, 1.54) is 6.08 Å². The monoisotopic (exact) mass is 228 g/mol. The first kappa shape index (κ1) is 11.3. The molecule has 1 aliphatic rings. The Hall–Kier alpha value is -2.16. The first-order valence-electron chi connectivity index (χ1n) is 5.26. The van der Waals surface area contributed by atoms with Crippen LogP contribution in [0.15, 0.2) is 36.9 Å². The van der Waals surface area contributed by atoms with E-state index >= 15 is 0 Å². The van der Waals surface area contributed by atoms with Crippen LogP contribution in [0.4, 0.5) is 0 Å². The Labute approximate surface area is 99.4 Å². The molecule has 3 heteroatoms. The van der Waals surface area contributed by atoms with Crippen LogP contribution in [-0.2, 0) is 4.79 Å². The van der Waals surface area contributed by atoms with E-state index in [4.69, 9.17) is 4.74 Å². The molecule has 0 N–H and O–H groups in total. The van der Waals surface area contributed by atoms with Gasteiger partial charge in [0.1, 0.15) is 5.75 Å². The molecule has 0 saturated carbocycles. The van der Waals surface area contributed by atoms with Crippen molar-refractivity contribution in [3.05, 3.63) is 48.1 Å². The molecule has 0 heterocycles. The van der Waals surface area contributed by atoms with E-state index in [1.807, 2.05) is 0 Å². The molecular weight excluding hydrogens is 216 g/mol. The standard InChI is InChI=1S/C14H12O3/c1-3-5-9-8-11(15)14(16)10-6-4-7-12(17-2)13(9)10/h3-4,6-8H,1,5H2,2H3. The van der Waals surface area contributed by atoms with E-state index in [2.05, 4.69) is 6.58 Å². The van der Waals surface area contributed by atoms with Crippen molar-refractivity contribution in [3.8, 4) is 5.75 Å². The van der Waals surface area contributed by atoms with Gasteiger partial charge in [0, 0.05) is 11.1 Å². The SMILES string of the molecule is C=CCC1=CC(=O)C(=O)c2cccc(OC)c21. The summed E-state index contributed by atoms with van der Waals surface area (Å²) in [4.78, 5) is 23.3. The third kappa shape index (κ3) is 1.80. The zero-order chi connectivity index (χ0) is 12.4. The summed E-state index contributed by atoms with van der Waals surface area (Å²) in [6.45, 7) is 3.65. The number of hydrogen-bond acceptors (Lipinski definition) is 3. The first-order chi connectivity index (χ1) is 8.19. The summed E-state index contributed by atoms with van der Waals surface area (Å²) in [5.41, 5.74) is 1.89. The molecule has 0 aliphatic heterocycles. The van der Waals surface area contributed by atoms with Crippen LogP contribution in [0.25, 0.3) is 5.57 Å². The topological polar surface area (TPSA) is 43.4 Å². The van der Waals surface area contributed by atoms with Gasteiger partial charge < -0.3 is 4.74 Å². The summed E-state index contributed by atoms with van der Waals surface area (Å²) in [6, 6.07) is 5.13. The molecule has 17 heavy (non-hydrogen) atoms. The third-order valence-corrected chi connectivity index (χ3v) is 2.71. The number of allylic oxidation sites excluding steroid dienone is 3. The second-order valence-electron chi connectivity index (χ2n) is 3.74. The van der Waals surface area contributed by atoms with Crippen molar-refractivity contribution in [2.75, 3.05) is 7.11 Å². The Morgan fingerprint density at radius 3 is 2.76 bits per heavy atom. The molecule has 1 aliphatic carbocycles. The highest BCUT2D eigenvalue weighted by Gasteiger charge is 2.27. The molecule has 0 spiro atoms. The minimum atomic E-state index is -0.484. The second kappa shape index (κ2) is 4.37. The number of fused-ring (bicyclic) bond motifs is 1. The van der Waals surface area contributed by atoms with Crippen molar-refractivity contribution in [1.82, 2.24) is 0 Å². The molecule has 1 aromatic rings. The average Bonchev–Trinajstić information content (AvgIpc) is 2.35. The molecule has 1 aromatic carbocycles. The van der Waals surface area contributed by atoms with Crippen LogP contribution in [0.1, 0.15) is 22.3 Å². The quantitative estimate of drug-likeness (QED) is 0.589. The van der Waals surface area contributed by atoms with Crippen LogP contribution >= 0.6 is 0 Å². The van der Waals surface area contributed by atoms with Gasteiger partial charge in [0.05, 0.1) is 7.11 Å². The summed E-state index contributed by atoms with van der Waals surface area (Å²) in [6.07, 6.45) is 3.60. The molecule has 0 bridgehead atoms. The number of benzene rings is 1. The van der Waals surface area contributed by atoms with E-state index in [0.717, 1.165) is 5.57 Å². The lowest BCUT2D eigenvalue weighted by Gasteiger charge is -2.18. The van der Waals surface area contributed by atoms with Gasteiger partial charge in [-0.15, -0.1) is 6.58 Å². The van der Waals surface area contributed by atoms with Crippen molar-refractivity contribution < 1.29 is 14.3 Å². The van der Waals surface area contributed by atoms with Gasteiger partial charge in [-0.1, -0.05) is 18.2 Å². The highest BCUT2D eigenvalue weighted by molar-refractivity contribution is 6.50. The third-order valence-electron chi connectivity index (χ3n) is 2.71. The molecule has 0 atom stereocenters. The highest BCUT2D eigenvalue weighted by Crippen LogP contribution is 2.34. The summed E-state index contributed by atoms with van der Waals surface area (Å²) in [5, 5.41) is 0. The Morgan fingerprint density at radius 2 is 2.12 bits per heavy atom.